The van der Waals surface area contributed by atoms with Gasteiger partial charge in [-0.2, -0.15) is 0 Å². The highest BCUT2D eigenvalue weighted by molar-refractivity contribution is 5.19. The van der Waals surface area contributed by atoms with Crippen LogP contribution in [0.3, 0.4) is 0 Å². The summed E-state index contributed by atoms with van der Waals surface area (Å²) in [7, 11) is 0. The van der Waals surface area contributed by atoms with Gasteiger partial charge in [-0.3, -0.25) is 4.98 Å². The number of benzene rings is 1. The summed E-state index contributed by atoms with van der Waals surface area (Å²) < 4.78 is 0. The van der Waals surface area contributed by atoms with Crippen molar-refractivity contribution in [2.75, 3.05) is 6.54 Å². The normalized spacial score (nSPS) is 12.3. The number of pyridine rings is 1. The van der Waals surface area contributed by atoms with Gasteiger partial charge < -0.3 is 5.73 Å². The lowest BCUT2D eigenvalue weighted by Crippen LogP contribution is -2.11. The van der Waals surface area contributed by atoms with E-state index in [1.807, 2.05) is 24.4 Å². The van der Waals surface area contributed by atoms with E-state index in [1.165, 1.54) is 5.56 Å². The van der Waals surface area contributed by atoms with Crippen LogP contribution in [0.2, 0.25) is 0 Å². The quantitative estimate of drug-likeness (QED) is 0.851. The number of nitrogens with two attached hydrogens (primary N) is 1. The second kappa shape index (κ2) is 6.16. The van der Waals surface area contributed by atoms with E-state index in [0.29, 0.717) is 12.5 Å². The van der Waals surface area contributed by atoms with Crippen molar-refractivity contribution in [2.24, 2.45) is 5.73 Å². The average molecular weight is 226 g/mol. The van der Waals surface area contributed by atoms with Crippen LogP contribution in [0.4, 0.5) is 0 Å². The van der Waals surface area contributed by atoms with Crippen molar-refractivity contribution < 1.29 is 0 Å². The molecule has 0 bridgehead atoms. The van der Waals surface area contributed by atoms with Crippen molar-refractivity contribution in [1.29, 1.82) is 0 Å². The summed E-state index contributed by atoms with van der Waals surface area (Å²) in [5.74, 6) is 0.420. The van der Waals surface area contributed by atoms with Crippen LogP contribution >= 0.6 is 0 Å². The molecule has 1 atom stereocenters. The van der Waals surface area contributed by atoms with E-state index < -0.39 is 0 Å². The van der Waals surface area contributed by atoms with Crippen molar-refractivity contribution in [1.82, 2.24) is 4.98 Å². The minimum atomic E-state index is 0.420. The van der Waals surface area contributed by atoms with Gasteiger partial charge in [0.1, 0.15) is 0 Å². The minimum Gasteiger partial charge on any atom is -0.330 e. The largest absolute Gasteiger partial charge is 0.330 e. The summed E-state index contributed by atoms with van der Waals surface area (Å²) >= 11 is 0. The molecule has 2 rings (SSSR count). The van der Waals surface area contributed by atoms with Crippen molar-refractivity contribution in [2.45, 2.75) is 18.8 Å². The van der Waals surface area contributed by atoms with Crippen LogP contribution in [0.25, 0.3) is 0 Å². The SMILES string of the molecule is NCCC(Cc1ccccc1)c1ccccn1. The average Bonchev–Trinajstić information content (AvgIpc) is 2.40. The Kier molecular flexibility index (Phi) is 4.28. The Bertz CT molecular complexity index is 425. The van der Waals surface area contributed by atoms with Crippen LogP contribution in [0.1, 0.15) is 23.6 Å². The standard InChI is InChI=1S/C15H18N2/c16-10-9-14(15-8-4-5-11-17-15)12-13-6-2-1-3-7-13/h1-8,11,14H,9-10,12,16H2. The maximum atomic E-state index is 5.69. The lowest BCUT2D eigenvalue weighted by molar-refractivity contribution is 0.613. The molecule has 0 saturated heterocycles. The van der Waals surface area contributed by atoms with Crippen LogP contribution < -0.4 is 5.73 Å². The minimum absolute atomic E-state index is 0.420. The molecule has 1 unspecified atom stereocenters. The molecule has 0 fully saturated rings. The molecule has 0 aliphatic carbocycles. The van der Waals surface area contributed by atoms with E-state index in [9.17, 15) is 0 Å². The van der Waals surface area contributed by atoms with Gasteiger partial charge in [-0.25, -0.2) is 0 Å². The molecule has 0 spiro atoms. The predicted molar refractivity (Wildman–Crippen MR) is 70.8 cm³/mol. The fourth-order valence-corrected chi connectivity index (χ4v) is 2.07. The van der Waals surface area contributed by atoms with Crippen LogP contribution in [0.15, 0.2) is 54.7 Å². The summed E-state index contributed by atoms with van der Waals surface area (Å²) in [4.78, 5) is 4.44. The summed E-state index contributed by atoms with van der Waals surface area (Å²) in [6, 6.07) is 16.6. The summed E-state index contributed by atoms with van der Waals surface area (Å²) in [6.07, 6.45) is 3.84. The van der Waals surface area contributed by atoms with Crippen molar-refractivity contribution in [3.8, 4) is 0 Å². The van der Waals surface area contributed by atoms with Gasteiger partial charge in [-0.05, 0) is 37.1 Å². The second-order valence-corrected chi connectivity index (χ2v) is 4.22. The van der Waals surface area contributed by atoms with Crippen molar-refractivity contribution in [3.63, 3.8) is 0 Å². The molecular weight excluding hydrogens is 208 g/mol. The zero-order valence-corrected chi connectivity index (χ0v) is 9.92. The number of hydrogen-bond acceptors (Lipinski definition) is 2. The van der Waals surface area contributed by atoms with E-state index in [2.05, 4.69) is 35.3 Å². The van der Waals surface area contributed by atoms with Crippen molar-refractivity contribution >= 4 is 0 Å². The first-order valence-corrected chi connectivity index (χ1v) is 6.05. The summed E-state index contributed by atoms with van der Waals surface area (Å²) in [5, 5.41) is 0. The molecular formula is C15H18N2. The van der Waals surface area contributed by atoms with E-state index in [-0.39, 0.29) is 0 Å². The highest BCUT2D eigenvalue weighted by Crippen LogP contribution is 2.21. The molecule has 1 aromatic carbocycles. The molecule has 2 aromatic rings. The molecule has 0 saturated carbocycles. The fraction of sp³-hybridized carbons (Fsp3) is 0.267. The van der Waals surface area contributed by atoms with E-state index in [1.54, 1.807) is 0 Å². The molecule has 0 aliphatic heterocycles. The Morgan fingerprint density at radius 1 is 1.00 bits per heavy atom. The van der Waals surface area contributed by atoms with E-state index in [4.69, 9.17) is 5.73 Å². The molecule has 88 valence electrons. The summed E-state index contributed by atoms with van der Waals surface area (Å²) in [6.45, 7) is 0.702. The van der Waals surface area contributed by atoms with Gasteiger partial charge in [-0.1, -0.05) is 36.4 Å². The van der Waals surface area contributed by atoms with Crippen molar-refractivity contribution in [3.05, 3.63) is 66.0 Å². The number of aromatic nitrogens is 1. The Labute approximate surface area is 103 Å². The van der Waals surface area contributed by atoms with Crippen LogP contribution in [-0.4, -0.2) is 11.5 Å². The third-order valence-corrected chi connectivity index (χ3v) is 2.95. The molecule has 0 radical (unpaired) electrons. The van der Waals surface area contributed by atoms with Gasteiger partial charge in [-0.15, -0.1) is 0 Å². The second-order valence-electron chi connectivity index (χ2n) is 4.22. The first kappa shape index (κ1) is 11.8. The Morgan fingerprint density at radius 3 is 2.41 bits per heavy atom. The highest BCUT2D eigenvalue weighted by Gasteiger charge is 2.12. The smallest absolute Gasteiger partial charge is 0.0438 e. The maximum absolute atomic E-state index is 5.69. The fourth-order valence-electron chi connectivity index (χ4n) is 2.07. The Balaban J connectivity index is 2.13. The van der Waals surface area contributed by atoms with Gasteiger partial charge in [0.25, 0.3) is 0 Å². The summed E-state index contributed by atoms with van der Waals surface area (Å²) in [5.41, 5.74) is 8.18. The van der Waals surface area contributed by atoms with Gasteiger partial charge in [0.15, 0.2) is 0 Å². The molecule has 1 aromatic heterocycles. The lowest BCUT2D eigenvalue weighted by atomic mass is 9.93. The molecule has 17 heavy (non-hydrogen) atoms. The van der Waals surface area contributed by atoms with Gasteiger partial charge in [0.2, 0.25) is 0 Å². The zero-order valence-electron chi connectivity index (χ0n) is 9.92. The number of nitrogens with zero attached hydrogens (tertiary/aromatic N) is 1. The number of rotatable bonds is 5. The first-order chi connectivity index (χ1) is 8.40. The molecule has 2 heteroatoms. The van der Waals surface area contributed by atoms with E-state index >= 15 is 0 Å². The topological polar surface area (TPSA) is 38.9 Å². The Hall–Kier alpha value is -1.67. The van der Waals surface area contributed by atoms with Crippen LogP contribution in [0.5, 0.6) is 0 Å². The molecule has 0 amide bonds. The predicted octanol–water partition coefficient (Wildman–Crippen LogP) is 2.76. The van der Waals surface area contributed by atoms with Crippen LogP contribution in [-0.2, 0) is 6.42 Å². The third-order valence-electron chi connectivity index (χ3n) is 2.95. The Morgan fingerprint density at radius 2 is 1.76 bits per heavy atom. The monoisotopic (exact) mass is 226 g/mol. The molecule has 0 aliphatic rings. The lowest BCUT2D eigenvalue weighted by Gasteiger charge is -2.15. The van der Waals surface area contributed by atoms with Gasteiger partial charge in [0.05, 0.1) is 0 Å². The third kappa shape index (κ3) is 3.40. The van der Waals surface area contributed by atoms with E-state index in [0.717, 1.165) is 18.5 Å². The van der Waals surface area contributed by atoms with Crippen LogP contribution in [0, 0.1) is 0 Å². The number of hydrogen-bond donors (Lipinski definition) is 1. The van der Waals surface area contributed by atoms with Gasteiger partial charge in [0, 0.05) is 17.8 Å². The van der Waals surface area contributed by atoms with Gasteiger partial charge >= 0.3 is 0 Å². The zero-order chi connectivity index (χ0) is 11.9. The molecule has 2 N–H and O–H groups in total. The molecule has 2 nitrogen and oxygen atoms in total. The first-order valence-electron chi connectivity index (χ1n) is 6.05. The highest BCUT2D eigenvalue weighted by atomic mass is 14.7. The maximum Gasteiger partial charge on any atom is 0.0438 e. The molecule has 1 heterocycles.